The molecule has 0 bridgehead atoms. The fourth-order valence-electron chi connectivity index (χ4n) is 1.70. The summed E-state index contributed by atoms with van der Waals surface area (Å²) in [6.45, 7) is 3.10. The summed E-state index contributed by atoms with van der Waals surface area (Å²) in [5.74, 6) is 0. The van der Waals surface area contributed by atoms with E-state index in [1.807, 2.05) is 0 Å². The molecule has 0 aromatic heterocycles. The number of likely N-dealkylation sites (N-methyl/N-ethyl adjacent to an activating group) is 1. The third-order valence-corrected chi connectivity index (χ3v) is 2.70. The van der Waals surface area contributed by atoms with Crippen molar-refractivity contribution in [3.8, 4) is 0 Å². The van der Waals surface area contributed by atoms with Crippen LogP contribution < -0.4 is 5.73 Å². The van der Waals surface area contributed by atoms with Crippen LogP contribution in [-0.4, -0.2) is 30.6 Å². The zero-order valence-corrected chi connectivity index (χ0v) is 7.01. The van der Waals surface area contributed by atoms with Crippen molar-refractivity contribution < 1.29 is 0 Å². The van der Waals surface area contributed by atoms with Gasteiger partial charge in [0.15, 0.2) is 0 Å². The lowest BCUT2D eigenvalue weighted by molar-refractivity contribution is 0.131. The molecular formula is C8H18N2. The second-order valence-corrected chi connectivity index (χ2v) is 3.33. The van der Waals surface area contributed by atoms with Crippen LogP contribution in [0.25, 0.3) is 0 Å². The normalized spacial score (nSPS) is 36.3. The van der Waals surface area contributed by atoms with Gasteiger partial charge in [-0.25, -0.2) is 0 Å². The van der Waals surface area contributed by atoms with Crippen LogP contribution >= 0.6 is 0 Å². The van der Waals surface area contributed by atoms with E-state index in [1.54, 1.807) is 0 Å². The lowest BCUT2D eigenvalue weighted by Crippen LogP contribution is -2.46. The standard InChI is InChI=1S/C8H18N2/c1-7-4-3-5-8(6-9)10(7)2/h7-8H,3-6,9H2,1-2H3. The van der Waals surface area contributed by atoms with Crippen LogP contribution in [0.4, 0.5) is 0 Å². The average Bonchev–Trinajstić information content (AvgIpc) is 1.95. The highest BCUT2D eigenvalue weighted by molar-refractivity contribution is 4.79. The summed E-state index contributed by atoms with van der Waals surface area (Å²) in [7, 11) is 2.18. The number of nitrogens with two attached hydrogens (primary N) is 1. The van der Waals surface area contributed by atoms with E-state index in [0.717, 1.165) is 12.6 Å². The van der Waals surface area contributed by atoms with E-state index in [2.05, 4.69) is 18.9 Å². The molecule has 0 spiro atoms. The zero-order valence-electron chi connectivity index (χ0n) is 7.01. The van der Waals surface area contributed by atoms with Crippen LogP contribution in [0.3, 0.4) is 0 Å². The van der Waals surface area contributed by atoms with Crippen molar-refractivity contribution in [1.29, 1.82) is 0 Å². The summed E-state index contributed by atoms with van der Waals surface area (Å²) in [6.07, 6.45) is 3.98. The first-order chi connectivity index (χ1) is 4.75. The molecule has 0 aromatic carbocycles. The maximum Gasteiger partial charge on any atom is 0.0218 e. The maximum atomic E-state index is 5.61. The topological polar surface area (TPSA) is 29.3 Å². The Morgan fingerprint density at radius 2 is 2.20 bits per heavy atom. The summed E-state index contributed by atoms with van der Waals surface area (Å²) < 4.78 is 0. The Balaban J connectivity index is 2.42. The molecule has 10 heavy (non-hydrogen) atoms. The number of hydrogen-bond acceptors (Lipinski definition) is 2. The summed E-state index contributed by atoms with van der Waals surface area (Å²) in [4.78, 5) is 2.41. The fourth-order valence-corrected chi connectivity index (χ4v) is 1.70. The number of rotatable bonds is 1. The molecule has 1 saturated heterocycles. The van der Waals surface area contributed by atoms with Crippen molar-refractivity contribution in [2.24, 2.45) is 5.73 Å². The molecule has 1 fully saturated rings. The molecular weight excluding hydrogens is 124 g/mol. The predicted octanol–water partition coefficient (Wildman–Crippen LogP) is 0.818. The zero-order chi connectivity index (χ0) is 7.56. The van der Waals surface area contributed by atoms with E-state index in [0.29, 0.717) is 6.04 Å². The second-order valence-electron chi connectivity index (χ2n) is 3.33. The molecule has 1 rings (SSSR count). The van der Waals surface area contributed by atoms with Gasteiger partial charge in [0, 0.05) is 18.6 Å². The van der Waals surface area contributed by atoms with Gasteiger partial charge < -0.3 is 5.73 Å². The number of hydrogen-bond donors (Lipinski definition) is 1. The Morgan fingerprint density at radius 1 is 1.50 bits per heavy atom. The second kappa shape index (κ2) is 3.35. The van der Waals surface area contributed by atoms with Crippen LogP contribution in [0.2, 0.25) is 0 Å². The van der Waals surface area contributed by atoms with Crippen LogP contribution in [0.15, 0.2) is 0 Å². The highest BCUT2D eigenvalue weighted by Crippen LogP contribution is 2.19. The van der Waals surface area contributed by atoms with Crippen molar-refractivity contribution in [1.82, 2.24) is 4.90 Å². The monoisotopic (exact) mass is 142 g/mol. The molecule has 1 heterocycles. The molecule has 0 saturated carbocycles. The predicted molar refractivity (Wildman–Crippen MR) is 43.9 cm³/mol. The Hall–Kier alpha value is -0.0800. The third-order valence-electron chi connectivity index (χ3n) is 2.70. The smallest absolute Gasteiger partial charge is 0.0218 e. The molecule has 0 radical (unpaired) electrons. The number of nitrogens with zero attached hydrogens (tertiary/aromatic N) is 1. The Kier molecular flexibility index (Phi) is 2.69. The molecule has 1 aliphatic heterocycles. The first-order valence-electron chi connectivity index (χ1n) is 4.17. The average molecular weight is 142 g/mol. The van der Waals surface area contributed by atoms with Crippen molar-refractivity contribution in [3.63, 3.8) is 0 Å². The molecule has 60 valence electrons. The lowest BCUT2D eigenvalue weighted by atomic mass is 9.97. The van der Waals surface area contributed by atoms with Gasteiger partial charge in [0.2, 0.25) is 0 Å². The summed E-state index contributed by atoms with van der Waals surface area (Å²) in [5, 5.41) is 0. The number of piperidine rings is 1. The molecule has 2 nitrogen and oxygen atoms in total. The minimum absolute atomic E-state index is 0.642. The van der Waals surface area contributed by atoms with E-state index in [-0.39, 0.29) is 0 Å². The number of likely N-dealkylation sites (tertiary alicyclic amines) is 1. The van der Waals surface area contributed by atoms with E-state index in [9.17, 15) is 0 Å². The van der Waals surface area contributed by atoms with E-state index in [4.69, 9.17) is 5.73 Å². The van der Waals surface area contributed by atoms with Gasteiger partial charge >= 0.3 is 0 Å². The Bertz CT molecular complexity index is 103. The Morgan fingerprint density at radius 3 is 2.70 bits per heavy atom. The maximum absolute atomic E-state index is 5.61. The van der Waals surface area contributed by atoms with Gasteiger partial charge in [0.05, 0.1) is 0 Å². The molecule has 2 atom stereocenters. The van der Waals surface area contributed by atoms with E-state index in [1.165, 1.54) is 19.3 Å². The van der Waals surface area contributed by atoms with Gasteiger partial charge in [0.25, 0.3) is 0 Å². The van der Waals surface area contributed by atoms with Gasteiger partial charge in [-0.3, -0.25) is 4.90 Å². The SMILES string of the molecule is CC1CCCC(CN)N1C. The summed E-state index contributed by atoms with van der Waals surface area (Å²) >= 11 is 0. The van der Waals surface area contributed by atoms with Crippen LogP contribution in [0.5, 0.6) is 0 Å². The van der Waals surface area contributed by atoms with Gasteiger partial charge in [-0.2, -0.15) is 0 Å². The van der Waals surface area contributed by atoms with E-state index < -0.39 is 0 Å². The lowest BCUT2D eigenvalue weighted by Gasteiger charge is -2.37. The third kappa shape index (κ3) is 1.50. The van der Waals surface area contributed by atoms with Gasteiger partial charge in [-0.05, 0) is 26.8 Å². The van der Waals surface area contributed by atoms with Crippen molar-refractivity contribution in [3.05, 3.63) is 0 Å². The minimum atomic E-state index is 0.642. The molecule has 2 heteroatoms. The minimum Gasteiger partial charge on any atom is -0.329 e. The molecule has 1 aliphatic rings. The first kappa shape index (κ1) is 8.02. The molecule has 2 N–H and O–H groups in total. The van der Waals surface area contributed by atoms with Gasteiger partial charge in [-0.1, -0.05) is 6.42 Å². The molecule has 0 aliphatic carbocycles. The largest absolute Gasteiger partial charge is 0.329 e. The quantitative estimate of drug-likeness (QED) is 0.587. The first-order valence-corrected chi connectivity index (χ1v) is 4.17. The van der Waals surface area contributed by atoms with Crippen LogP contribution in [0.1, 0.15) is 26.2 Å². The summed E-state index contributed by atoms with van der Waals surface area (Å²) in [5.41, 5.74) is 5.61. The summed E-state index contributed by atoms with van der Waals surface area (Å²) in [6, 6.07) is 1.38. The van der Waals surface area contributed by atoms with Crippen LogP contribution in [0, 0.1) is 0 Å². The van der Waals surface area contributed by atoms with Crippen molar-refractivity contribution >= 4 is 0 Å². The molecule has 2 unspecified atom stereocenters. The Labute approximate surface area is 63.4 Å². The van der Waals surface area contributed by atoms with Gasteiger partial charge in [-0.15, -0.1) is 0 Å². The highest BCUT2D eigenvalue weighted by atomic mass is 15.2. The van der Waals surface area contributed by atoms with E-state index >= 15 is 0 Å². The van der Waals surface area contributed by atoms with Crippen molar-refractivity contribution in [2.75, 3.05) is 13.6 Å². The molecule has 0 aromatic rings. The van der Waals surface area contributed by atoms with Crippen LogP contribution in [-0.2, 0) is 0 Å². The van der Waals surface area contributed by atoms with Crippen molar-refractivity contribution in [2.45, 2.75) is 38.3 Å². The fraction of sp³-hybridized carbons (Fsp3) is 1.00. The highest BCUT2D eigenvalue weighted by Gasteiger charge is 2.22. The molecule has 0 amide bonds. The van der Waals surface area contributed by atoms with Gasteiger partial charge in [0.1, 0.15) is 0 Å².